The highest BCUT2D eigenvalue weighted by Gasteiger charge is 2.33. The first-order valence-corrected chi connectivity index (χ1v) is 8.62. The van der Waals surface area contributed by atoms with Crippen LogP contribution in [0.25, 0.3) is 0 Å². The number of hydrogen-bond acceptors (Lipinski definition) is 6. The van der Waals surface area contributed by atoms with Crippen LogP contribution in [0, 0.1) is 0 Å². The minimum absolute atomic E-state index is 0.0218. The van der Waals surface area contributed by atoms with E-state index < -0.39 is 6.10 Å². The van der Waals surface area contributed by atoms with Gasteiger partial charge in [-0.3, -0.25) is 0 Å². The van der Waals surface area contributed by atoms with Gasteiger partial charge in [-0.25, -0.2) is 0 Å². The summed E-state index contributed by atoms with van der Waals surface area (Å²) in [6.07, 6.45) is 1.75. The quantitative estimate of drug-likeness (QED) is 0.772. The first-order valence-electron chi connectivity index (χ1n) is 8.62. The lowest BCUT2D eigenvalue weighted by molar-refractivity contribution is 0.0278. The first-order chi connectivity index (χ1) is 13.0. The van der Waals surface area contributed by atoms with Gasteiger partial charge in [0.15, 0.2) is 29.1 Å². The molecule has 0 radical (unpaired) electrons. The van der Waals surface area contributed by atoms with E-state index in [1.165, 1.54) is 14.2 Å². The second-order valence-corrected chi connectivity index (χ2v) is 6.26. The smallest absolute Gasteiger partial charge is 0.204 e. The molecule has 2 aromatic rings. The zero-order valence-corrected chi connectivity index (χ0v) is 15.9. The molecule has 2 aromatic carbocycles. The molecule has 0 aliphatic carbocycles. The third-order valence-corrected chi connectivity index (χ3v) is 4.47. The zero-order chi connectivity index (χ0) is 19.6. The summed E-state index contributed by atoms with van der Waals surface area (Å²) in [7, 11) is 4.59. The number of fused-ring (bicyclic) bond motifs is 1. The summed E-state index contributed by atoms with van der Waals surface area (Å²) in [6, 6.07) is 7.21. The average molecular weight is 372 g/mol. The van der Waals surface area contributed by atoms with Gasteiger partial charge in [-0.2, -0.15) is 0 Å². The Labute approximate surface area is 158 Å². The van der Waals surface area contributed by atoms with Crippen molar-refractivity contribution in [2.45, 2.75) is 25.6 Å². The number of aromatic hydroxyl groups is 1. The number of methoxy groups -OCH3 is 3. The second-order valence-electron chi connectivity index (χ2n) is 6.26. The zero-order valence-electron chi connectivity index (χ0n) is 15.9. The lowest BCUT2D eigenvalue weighted by Gasteiger charge is -2.33. The molecule has 6 nitrogen and oxygen atoms in total. The molecule has 0 amide bonds. The van der Waals surface area contributed by atoms with Crippen molar-refractivity contribution in [1.29, 1.82) is 0 Å². The van der Waals surface area contributed by atoms with Gasteiger partial charge in [0, 0.05) is 5.56 Å². The maximum absolute atomic E-state index is 10.3. The third-order valence-electron chi connectivity index (χ3n) is 4.47. The highest BCUT2D eigenvalue weighted by Crippen LogP contribution is 2.48. The van der Waals surface area contributed by atoms with Gasteiger partial charge in [0.05, 0.1) is 21.3 Å². The largest absolute Gasteiger partial charge is 0.504 e. The molecule has 1 N–H and O–H groups in total. The molecule has 2 atom stereocenters. The molecule has 0 unspecified atom stereocenters. The van der Waals surface area contributed by atoms with Crippen LogP contribution in [0.15, 0.2) is 36.9 Å². The van der Waals surface area contributed by atoms with Gasteiger partial charge < -0.3 is 28.8 Å². The predicted octanol–water partition coefficient (Wildman–Crippen LogP) is 4.05. The minimum Gasteiger partial charge on any atom is -0.504 e. The van der Waals surface area contributed by atoms with Crippen LogP contribution in [0.5, 0.6) is 34.5 Å². The number of benzene rings is 2. The molecule has 0 fully saturated rings. The number of ether oxygens (including phenoxy) is 5. The summed E-state index contributed by atoms with van der Waals surface area (Å²) < 4.78 is 28.3. The van der Waals surface area contributed by atoms with Crippen LogP contribution >= 0.6 is 0 Å². The average Bonchev–Trinajstić information content (AvgIpc) is 2.66. The van der Waals surface area contributed by atoms with Crippen LogP contribution in [-0.4, -0.2) is 32.5 Å². The number of phenols is 1. The molecule has 1 aliphatic heterocycles. The standard InChI is InChI=1S/C21H24O6/c1-6-7-13-8-16(23-3)21-18(9-13)27-19(12(2)26-21)14-10-15(22)20(25-5)17(11-14)24-4/h6,8-12,19,22H,1,7H2,2-5H3/t12-,19-/m1/s1. The topological polar surface area (TPSA) is 66.4 Å². The molecule has 144 valence electrons. The molecule has 1 heterocycles. The van der Waals surface area contributed by atoms with E-state index in [1.54, 1.807) is 19.2 Å². The summed E-state index contributed by atoms with van der Waals surface area (Å²) in [5, 5.41) is 10.3. The van der Waals surface area contributed by atoms with Crippen LogP contribution in [0.1, 0.15) is 24.2 Å². The summed E-state index contributed by atoms with van der Waals surface area (Å²) in [6.45, 7) is 5.68. The first kappa shape index (κ1) is 18.8. The predicted molar refractivity (Wildman–Crippen MR) is 102 cm³/mol. The molecule has 0 saturated carbocycles. The molecule has 3 rings (SSSR count). The Morgan fingerprint density at radius 3 is 2.41 bits per heavy atom. The summed E-state index contributed by atoms with van der Waals surface area (Å²) in [5.41, 5.74) is 1.73. The Morgan fingerprint density at radius 2 is 1.78 bits per heavy atom. The van der Waals surface area contributed by atoms with Crippen molar-refractivity contribution in [2.24, 2.45) is 0 Å². The molecule has 27 heavy (non-hydrogen) atoms. The van der Waals surface area contributed by atoms with Gasteiger partial charge in [-0.15, -0.1) is 6.58 Å². The van der Waals surface area contributed by atoms with Crippen molar-refractivity contribution in [3.63, 3.8) is 0 Å². The maximum atomic E-state index is 10.3. The molecule has 1 aliphatic rings. The molecule has 0 spiro atoms. The van der Waals surface area contributed by atoms with Crippen LogP contribution in [0.3, 0.4) is 0 Å². The Balaban J connectivity index is 2.02. The van der Waals surface area contributed by atoms with Crippen molar-refractivity contribution in [1.82, 2.24) is 0 Å². The second kappa shape index (κ2) is 7.70. The van der Waals surface area contributed by atoms with Gasteiger partial charge in [0.1, 0.15) is 6.10 Å². The highest BCUT2D eigenvalue weighted by atomic mass is 16.6. The monoisotopic (exact) mass is 372 g/mol. The fourth-order valence-corrected chi connectivity index (χ4v) is 3.22. The van der Waals surface area contributed by atoms with E-state index in [1.807, 2.05) is 25.1 Å². The fraction of sp³-hybridized carbons (Fsp3) is 0.333. The maximum Gasteiger partial charge on any atom is 0.204 e. The third kappa shape index (κ3) is 3.47. The Kier molecular flexibility index (Phi) is 5.35. The van der Waals surface area contributed by atoms with E-state index in [-0.39, 0.29) is 17.6 Å². The van der Waals surface area contributed by atoms with Crippen molar-refractivity contribution in [3.8, 4) is 34.5 Å². The van der Waals surface area contributed by atoms with Gasteiger partial charge in [0.25, 0.3) is 0 Å². The van der Waals surface area contributed by atoms with Gasteiger partial charge in [-0.05, 0) is 43.2 Å². The number of phenolic OH excluding ortho intramolecular Hbond substituents is 1. The van der Waals surface area contributed by atoms with Gasteiger partial charge >= 0.3 is 0 Å². The Morgan fingerprint density at radius 1 is 1.04 bits per heavy atom. The van der Waals surface area contributed by atoms with Gasteiger partial charge in [0.2, 0.25) is 11.5 Å². The SMILES string of the molecule is C=CCc1cc(OC)c2c(c1)O[C@@H](c1cc(O)c(OC)c(OC)c1)[C@@H](C)O2. The van der Waals surface area contributed by atoms with E-state index in [9.17, 15) is 5.11 Å². The van der Waals surface area contributed by atoms with Crippen molar-refractivity contribution >= 4 is 0 Å². The van der Waals surface area contributed by atoms with Crippen LogP contribution < -0.4 is 23.7 Å². The lowest BCUT2D eigenvalue weighted by Crippen LogP contribution is -2.31. The Bertz CT molecular complexity index is 845. The van der Waals surface area contributed by atoms with Crippen molar-refractivity contribution in [3.05, 3.63) is 48.0 Å². The fourth-order valence-electron chi connectivity index (χ4n) is 3.22. The molecule has 0 saturated heterocycles. The molecule has 6 heteroatoms. The number of rotatable bonds is 6. The minimum atomic E-state index is -0.438. The Hall–Kier alpha value is -3.02. The summed E-state index contributed by atoms with van der Waals surface area (Å²) >= 11 is 0. The molecule has 0 bridgehead atoms. The van der Waals surface area contributed by atoms with Crippen LogP contribution in [-0.2, 0) is 6.42 Å². The molecular weight excluding hydrogens is 348 g/mol. The van der Waals surface area contributed by atoms with Crippen molar-refractivity contribution in [2.75, 3.05) is 21.3 Å². The van der Waals surface area contributed by atoms with Crippen LogP contribution in [0.2, 0.25) is 0 Å². The van der Waals surface area contributed by atoms with E-state index in [4.69, 9.17) is 23.7 Å². The summed E-state index contributed by atoms with van der Waals surface area (Å²) in [4.78, 5) is 0. The molecular formula is C21H24O6. The number of hydrogen-bond donors (Lipinski definition) is 1. The molecule has 0 aromatic heterocycles. The van der Waals surface area contributed by atoms with Gasteiger partial charge in [-0.1, -0.05) is 6.08 Å². The van der Waals surface area contributed by atoms with E-state index in [0.29, 0.717) is 29.4 Å². The van der Waals surface area contributed by atoms with Crippen molar-refractivity contribution < 1.29 is 28.8 Å². The normalized spacial score (nSPS) is 17.9. The summed E-state index contributed by atoms with van der Waals surface area (Å²) in [5.74, 6) is 2.45. The highest BCUT2D eigenvalue weighted by molar-refractivity contribution is 5.57. The van der Waals surface area contributed by atoms with E-state index in [2.05, 4.69) is 6.58 Å². The van der Waals surface area contributed by atoms with Crippen LogP contribution in [0.4, 0.5) is 0 Å². The van der Waals surface area contributed by atoms with E-state index in [0.717, 1.165) is 11.1 Å². The number of allylic oxidation sites excluding steroid dienone is 1. The lowest BCUT2D eigenvalue weighted by atomic mass is 10.0. The van der Waals surface area contributed by atoms with E-state index >= 15 is 0 Å².